The van der Waals surface area contributed by atoms with Crippen molar-refractivity contribution in [2.75, 3.05) is 31.2 Å². The van der Waals surface area contributed by atoms with E-state index in [1.54, 1.807) is 24.5 Å². The van der Waals surface area contributed by atoms with E-state index in [2.05, 4.69) is 19.9 Å². The van der Waals surface area contributed by atoms with E-state index in [1.807, 2.05) is 6.07 Å². The van der Waals surface area contributed by atoms with E-state index in [-0.39, 0.29) is 0 Å². The molecule has 3 heterocycles. The Morgan fingerprint density at radius 3 is 2.67 bits per heavy atom. The predicted molar refractivity (Wildman–Crippen MR) is 90.8 cm³/mol. The van der Waals surface area contributed by atoms with Crippen molar-refractivity contribution in [1.29, 1.82) is 0 Å². The third-order valence-corrected chi connectivity index (χ3v) is 4.20. The van der Waals surface area contributed by atoms with Crippen molar-refractivity contribution in [2.24, 2.45) is 0 Å². The van der Waals surface area contributed by atoms with E-state index in [9.17, 15) is 4.39 Å². The minimum Gasteiger partial charge on any atom is -0.378 e. The smallest absolute Gasteiger partial charge is 0.134 e. The first-order valence-corrected chi connectivity index (χ1v) is 8.00. The zero-order chi connectivity index (χ0) is 16.5. The van der Waals surface area contributed by atoms with Gasteiger partial charge in [0.25, 0.3) is 0 Å². The normalized spacial score (nSPS) is 15.0. The Kier molecular flexibility index (Phi) is 4.00. The third kappa shape index (κ3) is 2.79. The number of morpholine rings is 1. The van der Waals surface area contributed by atoms with Crippen LogP contribution < -0.4 is 4.90 Å². The highest BCUT2D eigenvalue weighted by Gasteiger charge is 2.18. The summed E-state index contributed by atoms with van der Waals surface area (Å²) in [5, 5.41) is 0.343. The van der Waals surface area contributed by atoms with Gasteiger partial charge in [0.1, 0.15) is 22.8 Å². The first-order chi connectivity index (χ1) is 11.7. The zero-order valence-corrected chi connectivity index (χ0v) is 13.5. The molecular weight excluding hydrogens is 331 g/mol. The number of anilines is 1. The maximum atomic E-state index is 14.4. The number of pyridine rings is 1. The van der Waals surface area contributed by atoms with Crippen molar-refractivity contribution in [3.05, 3.63) is 47.5 Å². The third-order valence-electron chi connectivity index (χ3n) is 3.96. The fourth-order valence-corrected chi connectivity index (χ4v) is 2.94. The minimum absolute atomic E-state index is 0.343. The van der Waals surface area contributed by atoms with Gasteiger partial charge in [-0.05, 0) is 18.2 Å². The lowest BCUT2D eigenvalue weighted by atomic mass is 10.1. The van der Waals surface area contributed by atoms with E-state index >= 15 is 0 Å². The molecule has 0 unspecified atom stereocenters. The number of benzene rings is 1. The summed E-state index contributed by atoms with van der Waals surface area (Å²) >= 11 is 5.87. The molecule has 0 amide bonds. The second kappa shape index (κ2) is 6.30. The van der Waals surface area contributed by atoms with Gasteiger partial charge in [0.15, 0.2) is 0 Å². The molecule has 3 aromatic rings. The lowest BCUT2D eigenvalue weighted by Crippen LogP contribution is -2.36. The van der Waals surface area contributed by atoms with E-state index in [1.165, 1.54) is 6.07 Å². The second-order valence-electron chi connectivity index (χ2n) is 5.48. The fourth-order valence-electron chi connectivity index (χ4n) is 2.78. The molecule has 24 heavy (non-hydrogen) atoms. The van der Waals surface area contributed by atoms with Crippen LogP contribution in [0.1, 0.15) is 0 Å². The van der Waals surface area contributed by atoms with Gasteiger partial charge in [-0.3, -0.25) is 9.97 Å². The molecule has 0 aliphatic carbocycles. The van der Waals surface area contributed by atoms with Crippen LogP contribution >= 0.6 is 11.6 Å². The highest BCUT2D eigenvalue weighted by atomic mass is 35.5. The highest BCUT2D eigenvalue weighted by molar-refractivity contribution is 6.30. The molecule has 4 rings (SSSR count). The van der Waals surface area contributed by atoms with Crippen molar-refractivity contribution in [2.45, 2.75) is 0 Å². The summed E-state index contributed by atoms with van der Waals surface area (Å²) in [7, 11) is 0. The van der Waals surface area contributed by atoms with Crippen LogP contribution in [0.15, 0.2) is 36.7 Å². The van der Waals surface area contributed by atoms with Gasteiger partial charge in [-0.2, -0.15) is 0 Å². The Balaban J connectivity index is 1.92. The first-order valence-electron chi connectivity index (χ1n) is 7.62. The van der Waals surface area contributed by atoms with E-state index in [0.717, 1.165) is 18.9 Å². The van der Waals surface area contributed by atoms with Gasteiger partial charge in [-0.1, -0.05) is 11.6 Å². The van der Waals surface area contributed by atoms with Crippen LogP contribution in [0.3, 0.4) is 0 Å². The van der Waals surface area contributed by atoms with Crippen molar-refractivity contribution >= 4 is 28.5 Å². The average molecular weight is 345 g/mol. The van der Waals surface area contributed by atoms with Crippen molar-refractivity contribution in [3.63, 3.8) is 0 Å². The van der Waals surface area contributed by atoms with Gasteiger partial charge in [-0.25, -0.2) is 9.37 Å². The van der Waals surface area contributed by atoms with Crippen molar-refractivity contribution in [1.82, 2.24) is 15.0 Å². The van der Waals surface area contributed by atoms with Gasteiger partial charge < -0.3 is 9.64 Å². The van der Waals surface area contributed by atoms with Crippen LogP contribution in [-0.4, -0.2) is 41.3 Å². The predicted octanol–water partition coefficient (Wildman–Crippen LogP) is 3.32. The Morgan fingerprint density at radius 2 is 1.88 bits per heavy atom. The van der Waals surface area contributed by atoms with Crippen LogP contribution in [0.4, 0.5) is 10.2 Å². The molecule has 1 saturated heterocycles. The molecule has 1 aliphatic heterocycles. The lowest BCUT2D eigenvalue weighted by Gasteiger charge is -2.28. The van der Waals surface area contributed by atoms with Gasteiger partial charge in [0.2, 0.25) is 0 Å². The molecule has 1 aromatic carbocycles. The Bertz CT molecular complexity index is 899. The second-order valence-corrected chi connectivity index (χ2v) is 5.91. The number of halogens is 2. The Morgan fingerprint density at radius 1 is 1.08 bits per heavy atom. The molecule has 122 valence electrons. The number of fused-ring (bicyclic) bond motifs is 1. The average Bonchev–Trinajstić information content (AvgIpc) is 2.62. The highest BCUT2D eigenvalue weighted by Crippen LogP contribution is 2.31. The molecular formula is C17H14ClFN4O. The molecule has 5 nitrogen and oxygen atoms in total. The van der Waals surface area contributed by atoms with E-state index < -0.39 is 5.82 Å². The molecule has 7 heteroatoms. The maximum absolute atomic E-state index is 14.4. The number of ether oxygens (including phenoxy) is 1. The van der Waals surface area contributed by atoms with Gasteiger partial charge in [0, 0.05) is 42.1 Å². The van der Waals surface area contributed by atoms with Gasteiger partial charge in [-0.15, -0.1) is 0 Å². The molecule has 0 N–H and O–H groups in total. The van der Waals surface area contributed by atoms with Crippen LogP contribution in [0.25, 0.3) is 22.3 Å². The molecule has 0 atom stereocenters. The molecule has 0 saturated carbocycles. The fraction of sp³-hybridized carbons (Fsp3) is 0.235. The Labute approximate surface area is 143 Å². The lowest BCUT2D eigenvalue weighted by molar-refractivity contribution is 0.122. The van der Waals surface area contributed by atoms with Gasteiger partial charge in [0.05, 0.1) is 18.7 Å². The zero-order valence-electron chi connectivity index (χ0n) is 12.7. The summed E-state index contributed by atoms with van der Waals surface area (Å²) in [4.78, 5) is 15.5. The van der Waals surface area contributed by atoms with Crippen LogP contribution in [0, 0.1) is 5.82 Å². The first kappa shape index (κ1) is 15.2. The maximum Gasteiger partial charge on any atom is 0.134 e. The van der Waals surface area contributed by atoms with Gasteiger partial charge >= 0.3 is 0 Å². The minimum atomic E-state index is -0.430. The van der Waals surface area contributed by atoms with Crippen molar-refractivity contribution < 1.29 is 9.13 Å². The molecule has 0 bridgehead atoms. The van der Waals surface area contributed by atoms with Crippen LogP contribution in [0.2, 0.25) is 5.02 Å². The molecule has 0 spiro atoms. The van der Waals surface area contributed by atoms with E-state index in [0.29, 0.717) is 40.5 Å². The summed E-state index contributed by atoms with van der Waals surface area (Å²) in [6.07, 6.45) is 3.20. The molecule has 1 fully saturated rings. The molecule has 2 aromatic heterocycles. The summed E-state index contributed by atoms with van der Waals surface area (Å²) in [6.45, 7) is 2.76. The molecule has 0 radical (unpaired) electrons. The monoisotopic (exact) mass is 344 g/mol. The largest absolute Gasteiger partial charge is 0.378 e. The summed E-state index contributed by atoms with van der Waals surface area (Å²) in [5.41, 5.74) is 2.07. The number of hydrogen-bond donors (Lipinski definition) is 0. The number of aromatic nitrogens is 3. The summed E-state index contributed by atoms with van der Waals surface area (Å²) < 4.78 is 19.8. The quantitative estimate of drug-likeness (QED) is 0.713. The topological polar surface area (TPSA) is 51.1 Å². The van der Waals surface area contributed by atoms with Crippen LogP contribution in [-0.2, 0) is 4.74 Å². The van der Waals surface area contributed by atoms with E-state index in [4.69, 9.17) is 16.3 Å². The SMILES string of the molecule is Fc1cc(Cl)ccc1-c1nc(N2CCOCC2)cc2nccnc12. The Hall–Kier alpha value is -2.31. The van der Waals surface area contributed by atoms with Crippen LogP contribution in [0.5, 0.6) is 0 Å². The standard InChI is InChI=1S/C17H14ClFN4O/c18-11-1-2-12(13(19)9-11)16-17-14(20-3-4-21-17)10-15(22-16)23-5-7-24-8-6-23/h1-4,9-10H,5-8H2. The number of nitrogens with zero attached hydrogens (tertiary/aromatic N) is 4. The van der Waals surface area contributed by atoms with Crippen molar-refractivity contribution in [3.8, 4) is 11.3 Å². The number of hydrogen-bond acceptors (Lipinski definition) is 5. The molecule has 1 aliphatic rings. The number of rotatable bonds is 2. The summed E-state index contributed by atoms with van der Waals surface area (Å²) in [5.74, 6) is 0.316. The summed E-state index contributed by atoms with van der Waals surface area (Å²) in [6, 6.07) is 6.43.